The molecule has 0 unspecified atom stereocenters. The molecule has 0 radical (unpaired) electrons. The highest BCUT2D eigenvalue weighted by atomic mass is 28.4. The van der Waals surface area contributed by atoms with E-state index < -0.39 is 26.6 Å². The minimum Gasteiger partial charge on any atom is -0.519 e. The van der Waals surface area contributed by atoms with Crippen molar-refractivity contribution < 1.29 is 24.5 Å². The Balaban J connectivity index is 1.80. The standard InChI is InChI=1S/C27H44O5Si/c1-27(2,3)33(4,5)32-26(31)14-10-9-13-22-23(25(30)19-24(22)29)18-17-21(28)16-15-20-11-7-6-8-12-20/h6-12,21-25,28-30H,13-19H2,1-5H3/b10-9-/t21-,22+,23+,24-,25+/m0/s1. The predicted octanol–water partition coefficient (Wildman–Crippen LogP) is 5.00. The summed E-state index contributed by atoms with van der Waals surface area (Å²) in [5.74, 6) is -0.313. The second kappa shape index (κ2) is 12.3. The largest absolute Gasteiger partial charge is 0.519 e. The van der Waals surface area contributed by atoms with E-state index >= 15 is 0 Å². The first-order valence-electron chi connectivity index (χ1n) is 12.4. The average Bonchev–Trinajstić information content (AvgIpc) is 3.00. The van der Waals surface area contributed by atoms with E-state index in [9.17, 15) is 20.1 Å². The minimum atomic E-state index is -2.12. The Kier molecular flexibility index (Phi) is 10.3. The molecule has 3 N–H and O–H groups in total. The Hall–Kier alpha value is -1.47. The average molecular weight is 477 g/mol. The molecule has 186 valence electrons. The van der Waals surface area contributed by atoms with Gasteiger partial charge < -0.3 is 19.7 Å². The van der Waals surface area contributed by atoms with E-state index in [1.807, 2.05) is 30.4 Å². The summed E-state index contributed by atoms with van der Waals surface area (Å²) >= 11 is 0. The van der Waals surface area contributed by atoms with Gasteiger partial charge in [-0.2, -0.15) is 0 Å². The quantitative estimate of drug-likeness (QED) is 0.309. The number of benzene rings is 1. The fourth-order valence-electron chi connectivity index (χ4n) is 4.33. The van der Waals surface area contributed by atoms with E-state index in [0.717, 1.165) is 6.42 Å². The molecule has 1 saturated carbocycles. The van der Waals surface area contributed by atoms with Crippen molar-refractivity contribution in [3.63, 3.8) is 0 Å². The molecule has 6 heteroatoms. The van der Waals surface area contributed by atoms with Crippen LogP contribution in [-0.2, 0) is 15.6 Å². The molecule has 1 aromatic carbocycles. The van der Waals surface area contributed by atoms with E-state index in [1.54, 1.807) is 0 Å². The second-order valence-electron chi connectivity index (χ2n) is 11.1. The predicted molar refractivity (Wildman–Crippen MR) is 135 cm³/mol. The third-order valence-corrected chi connectivity index (χ3v) is 11.8. The first-order valence-corrected chi connectivity index (χ1v) is 15.3. The van der Waals surface area contributed by atoms with Crippen LogP contribution in [0.5, 0.6) is 0 Å². The molecule has 5 atom stereocenters. The summed E-state index contributed by atoms with van der Waals surface area (Å²) in [4.78, 5) is 12.3. The van der Waals surface area contributed by atoms with Crippen LogP contribution in [0, 0.1) is 11.8 Å². The first kappa shape index (κ1) is 27.8. The van der Waals surface area contributed by atoms with Crippen LogP contribution in [0.3, 0.4) is 0 Å². The van der Waals surface area contributed by atoms with Crippen LogP contribution in [0.2, 0.25) is 18.1 Å². The minimum absolute atomic E-state index is 0.0185. The molecular weight excluding hydrogens is 432 g/mol. The smallest absolute Gasteiger partial charge is 0.296 e. The van der Waals surface area contributed by atoms with Gasteiger partial charge in [0.1, 0.15) is 0 Å². The molecular formula is C27H44O5Si. The van der Waals surface area contributed by atoms with Crippen LogP contribution in [0.4, 0.5) is 0 Å². The Morgan fingerprint density at radius 2 is 1.73 bits per heavy atom. The molecule has 0 aliphatic heterocycles. The highest BCUT2D eigenvalue weighted by Crippen LogP contribution is 2.39. The van der Waals surface area contributed by atoms with Gasteiger partial charge in [-0.15, -0.1) is 0 Å². The van der Waals surface area contributed by atoms with Crippen molar-refractivity contribution in [3.8, 4) is 0 Å². The number of carbonyl (C=O) groups is 1. The molecule has 33 heavy (non-hydrogen) atoms. The number of aliphatic hydroxyl groups excluding tert-OH is 3. The van der Waals surface area contributed by atoms with Gasteiger partial charge >= 0.3 is 0 Å². The molecule has 0 bridgehead atoms. The molecule has 1 aromatic rings. The third-order valence-electron chi connectivity index (χ3n) is 7.50. The van der Waals surface area contributed by atoms with Gasteiger partial charge in [0.2, 0.25) is 0 Å². The lowest BCUT2D eigenvalue weighted by Gasteiger charge is -2.35. The summed E-state index contributed by atoms with van der Waals surface area (Å²) < 4.78 is 5.79. The summed E-state index contributed by atoms with van der Waals surface area (Å²) in [5.41, 5.74) is 1.21. The number of hydrogen-bond donors (Lipinski definition) is 3. The van der Waals surface area contributed by atoms with Crippen LogP contribution in [0.1, 0.15) is 64.9 Å². The van der Waals surface area contributed by atoms with Gasteiger partial charge in [0.05, 0.1) is 24.7 Å². The zero-order chi connectivity index (χ0) is 24.6. The first-order chi connectivity index (χ1) is 15.4. The van der Waals surface area contributed by atoms with Crippen molar-refractivity contribution >= 4 is 14.3 Å². The normalized spacial score (nSPS) is 24.8. The van der Waals surface area contributed by atoms with E-state index in [1.165, 1.54) is 5.56 Å². The molecule has 0 amide bonds. The van der Waals surface area contributed by atoms with Crippen molar-refractivity contribution in [2.75, 3.05) is 0 Å². The van der Waals surface area contributed by atoms with Crippen molar-refractivity contribution in [1.29, 1.82) is 0 Å². The molecule has 0 heterocycles. The maximum absolute atomic E-state index is 12.3. The maximum atomic E-state index is 12.3. The number of rotatable bonds is 11. The van der Waals surface area contributed by atoms with Crippen molar-refractivity contribution in [3.05, 3.63) is 48.0 Å². The molecule has 1 aliphatic rings. The molecule has 0 saturated heterocycles. The van der Waals surface area contributed by atoms with Crippen molar-refractivity contribution in [2.24, 2.45) is 11.8 Å². The van der Waals surface area contributed by atoms with Crippen LogP contribution in [0.15, 0.2) is 42.5 Å². The number of allylic oxidation sites excluding steroid dienone is 1. The van der Waals surface area contributed by atoms with Gasteiger partial charge in [-0.1, -0.05) is 63.3 Å². The monoisotopic (exact) mass is 476 g/mol. The number of hydrogen-bond acceptors (Lipinski definition) is 5. The summed E-state index contributed by atoms with van der Waals surface area (Å²) in [7, 11) is -2.12. The summed E-state index contributed by atoms with van der Waals surface area (Å²) in [6.45, 7) is 10.4. The molecule has 0 aromatic heterocycles. The van der Waals surface area contributed by atoms with Crippen LogP contribution < -0.4 is 0 Å². The Morgan fingerprint density at radius 1 is 1.09 bits per heavy atom. The number of aryl methyl sites for hydroxylation is 1. The Labute approximate surface area is 201 Å². The van der Waals surface area contributed by atoms with Crippen LogP contribution in [0.25, 0.3) is 0 Å². The number of aliphatic hydroxyl groups is 3. The topological polar surface area (TPSA) is 87.0 Å². The van der Waals surface area contributed by atoms with Gasteiger partial charge in [-0.3, -0.25) is 4.79 Å². The summed E-state index contributed by atoms with van der Waals surface area (Å²) in [6.07, 6.45) is 6.23. The molecule has 2 rings (SSSR count). The lowest BCUT2D eigenvalue weighted by atomic mass is 9.85. The highest BCUT2D eigenvalue weighted by molar-refractivity contribution is 6.75. The van der Waals surface area contributed by atoms with Gasteiger partial charge in [0, 0.05) is 0 Å². The molecule has 0 spiro atoms. The van der Waals surface area contributed by atoms with E-state index in [2.05, 4.69) is 46.0 Å². The van der Waals surface area contributed by atoms with Crippen LogP contribution >= 0.6 is 0 Å². The zero-order valence-electron chi connectivity index (χ0n) is 21.0. The SMILES string of the molecule is CC(C)(C)[Si](C)(C)OC(=O)C/C=C\C[C@@H]1[C@@H](CC[C@@H](O)CCc2ccccc2)[C@H](O)C[C@@H]1O. The fourth-order valence-corrected chi connectivity index (χ4v) is 5.28. The van der Waals surface area contributed by atoms with Crippen molar-refractivity contribution in [1.82, 2.24) is 0 Å². The van der Waals surface area contributed by atoms with Crippen LogP contribution in [-0.4, -0.2) is 47.9 Å². The fraction of sp³-hybridized carbons (Fsp3) is 0.667. The molecule has 1 aliphatic carbocycles. The van der Waals surface area contributed by atoms with Gasteiger partial charge in [-0.05, 0) is 74.1 Å². The van der Waals surface area contributed by atoms with Crippen molar-refractivity contribution in [2.45, 2.75) is 102 Å². The maximum Gasteiger partial charge on any atom is 0.296 e. The van der Waals surface area contributed by atoms with E-state index in [-0.39, 0.29) is 29.3 Å². The lowest BCUT2D eigenvalue weighted by Crippen LogP contribution is -2.42. The zero-order valence-corrected chi connectivity index (χ0v) is 22.0. The van der Waals surface area contributed by atoms with Gasteiger partial charge in [-0.25, -0.2) is 0 Å². The number of carbonyl (C=O) groups excluding carboxylic acids is 1. The Bertz CT molecular complexity index is 756. The second-order valence-corrected chi connectivity index (χ2v) is 15.8. The van der Waals surface area contributed by atoms with Gasteiger partial charge in [0.15, 0.2) is 0 Å². The molecule has 5 nitrogen and oxygen atoms in total. The summed E-state index contributed by atoms with van der Waals surface area (Å²) in [5, 5.41) is 31.3. The Morgan fingerprint density at radius 3 is 2.36 bits per heavy atom. The third kappa shape index (κ3) is 8.67. The lowest BCUT2D eigenvalue weighted by molar-refractivity contribution is -0.134. The summed E-state index contributed by atoms with van der Waals surface area (Å²) in [6, 6.07) is 10.1. The van der Waals surface area contributed by atoms with E-state index in [0.29, 0.717) is 32.1 Å². The highest BCUT2D eigenvalue weighted by Gasteiger charge is 2.41. The van der Waals surface area contributed by atoms with Gasteiger partial charge in [0.25, 0.3) is 14.3 Å². The van der Waals surface area contributed by atoms with E-state index in [4.69, 9.17) is 4.43 Å². The molecule has 1 fully saturated rings.